The van der Waals surface area contributed by atoms with Crippen molar-refractivity contribution in [1.82, 2.24) is 19.8 Å². The van der Waals surface area contributed by atoms with Gasteiger partial charge in [-0.3, -0.25) is 14.5 Å². The molecule has 3 heterocycles. The van der Waals surface area contributed by atoms with E-state index >= 15 is 0 Å². The molecule has 1 amide bonds. The number of thioether (sulfide) groups is 1. The lowest BCUT2D eigenvalue weighted by Gasteiger charge is -2.36. The van der Waals surface area contributed by atoms with Crippen molar-refractivity contribution in [1.29, 1.82) is 0 Å². The lowest BCUT2D eigenvalue weighted by atomic mass is 9.90. The number of nitrogens with one attached hydrogen (secondary N) is 2. The number of fused-ring (bicyclic) bond motifs is 1. The maximum atomic E-state index is 13.4. The Morgan fingerprint density at radius 1 is 1.18 bits per heavy atom. The highest BCUT2D eigenvalue weighted by molar-refractivity contribution is 7.99. The van der Waals surface area contributed by atoms with Gasteiger partial charge in [0.25, 0.3) is 17.2 Å². The molecule has 1 aliphatic rings. The van der Waals surface area contributed by atoms with Gasteiger partial charge in [-0.25, -0.2) is 0 Å². The molecule has 212 valence electrons. The fourth-order valence-corrected chi connectivity index (χ4v) is 6.32. The van der Waals surface area contributed by atoms with Gasteiger partial charge < -0.3 is 14.9 Å². The number of rotatable bonds is 8. The summed E-state index contributed by atoms with van der Waals surface area (Å²) in [6, 6.07) is 8.78. The van der Waals surface area contributed by atoms with Crippen LogP contribution in [-0.4, -0.2) is 51.9 Å². The summed E-state index contributed by atoms with van der Waals surface area (Å²) in [7, 11) is 0. The van der Waals surface area contributed by atoms with Gasteiger partial charge in [-0.15, -0.1) is 0 Å². The highest BCUT2D eigenvalue weighted by atomic mass is 32.2. The number of carbonyl (C=O) groups excluding carboxylic acids is 1. The molecule has 0 aliphatic carbocycles. The Morgan fingerprint density at radius 3 is 2.49 bits per heavy atom. The van der Waals surface area contributed by atoms with Crippen LogP contribution in [0.5, 0.6) is 0 Å². The zero-order valence-electron chi connectivity index (χ0n) is 21.9. The van der Waals surface area contributed by atoms with Gasteiger partial charge in [-0.1, -0.05) is 30.0 Å². The van der Waals surface area contributed by atoms with Gasteiger partial charge in [-0.2, -0.15) is 22.0 Å². The van der Waals surface area contributed by atoms with E-state index in [1.54, 1.807) is 6.92 Å². The Hall–Kier alpha value is -2.86. The van der Waals surface area contributed by atoms with Crippen molar-refractivity contribution in [3.8, 4) is 0 Å². The average Bonchev–Trinajstić information content (AvgIpc) is 3.13. The lowest BCUT2D eigenvalue weighted by Crippen LogP contribution is -2.41. The number of piperidine rings is 1. The number of pyridine rings is 1. The topological polar surface area (TPSA) is 70.1 Å². The van der Waals surface area contributed by atoms with Crippen LogP contribution in [0.1, 0.15) is 53.1 Å². The van der Waals surface area contributed by atoms with Crippen LogP contribution >= 0.6 is 11.8 Å². The minimum absolute atomic E-state index is 0.0552. The molecular weight excluding hydrogens is 539 g/mol. The maximum absolute atomic E-state index is 13.4. The first kappa shape index (κ1) is 29.1. The first-order valence-corrected chi connectivity index (χ1v) is 13.6. The molecule has 1 aromatic carbocycles. The number of H-pyrrole nitrogens is 1. The fourth-order valence-electron chi connectivity index (χ4n) is 5.57. The van der Waals surface area contributed by atoms with E-state index in [0.717, 1.165) is 5.52 Å². The molecule has 1 saturated heterocycles. The van der Waals surface area contributed by atoms with Gasteiger partial charge in [-0.05, 0) is 64.8 Å². The number of alkyl halides is 5. The van der Waals surface area contributed by atoms with Crippen molar-refractivity contribution in [2.45, 2.75) is 63.0 Å². The minimum Gasteiger partial charge on any atom is -0.348 e. The molecule has 0 unspecified atom stereocenters. The summed E-state index contributed by atoms with van der Waals surface area (Å²) in [4.78, 5) is 30.1. The van der Waals surface area contributed by atoms with Crippen molar-refractivity contribution in [3.05, 3.63) is 63.2 Å². The van der Waals surface area contributed by atoms with E-state index in [1.807, 2.05) is 38.1 Å². The third-order valence-electron chi connectivity index (χ3n) is 7.38. The molecule has 39 heavy (non-hydrogen) atoms. The summed E-state index contributed by atoms with van der Waals surface area (Å²) in [5, 5.41) is 3.44. The molecule has 3 aromatic rings. The van der Waals surface area contributed by atoms with Crippen molar-refractivity contribution < 1.29 is 26.7 Å². The normalized spacial score (nSPS) is 16.2. The van der Waals surface area contributed by atoms with Crippen LogP contribution in [0.25, 0.3) is 10.9 Å². The zero-order valence-corrected chi connectivity index (χ0v) is 22.7. The fraction of sp³-hybridized carbons (Fsp3) is 0.481. The highest BCUT2D eigenvalue weighted by Gasteiger charge is 2.34. The van der Waals surface area contributed by atoms with Crippen LogP contribution in [0.15, 0.2) is 40.0 Å². The van der Waals surface area contributed by atoms with Gasteiger partial charge in [0.2, 0.25) is 0 Å². The highest BCUT2D eigenvalue weighted by Crippen LogP contribution is 2.36. The van der Waals surface area contributed by atoms with Crippen LogP contribution in [0.3, 0.4) is 0 Å². The average molecular weight is 571 g/mol. The molecule has 1 fully saturated rings. The Kier molecular flexibility index (Phi) is 8.75. The molecular formula is C27H31F5N4O2S. The van der Waals surface area contributed by atoms with Crippen molar-refractivity contribution in [3.63, 3.8) is 0 Å². The van der Waals surface area contributed by atoms with Crippen LogP contribution in [0, 0.1) is 19.8 Å². The third kappa shape index (κ3) is 6.66. The monoisotopic (exact) mass is 570 g/mol. The molecule has 4 rings (SSSR count). The van der Waals surface area contributed by atoms with Crippen molar-refractivity contribution in [2.75, 3.05) is 19.6 Å². The number of amides is 1. The molecule has 6 nitrogen and oxygen atoms in total. The number of aryl methyl sites for hydroxylation is 1. The van der Waals surface area contributed by atoms with Crippen molar-refractivity contribution in [2.24, 2.45) is 5.92 Å². The quantitative estimate of drug-likeness (QED) is 0.257. The van der Waals surface area contributed by atoms with E-state index < -0.39 is 29.9 Å². The van der Waals surface area contributed by atoms with Gasteiger partial charge in [0.1, 0.15) is 0 Å². The van der Waals surface area contributed by atoms with Gasteiger partial charge >= 0.3 is 6.18 Å². The Labute approximate surface area is 226 Å². The Bertz CT molecular complexity index is 1390. The van der Waals surface area contributed by atoms with Crippen molar-refractivity contribution >= 4 is 28.6 Å². The summed E-state index contributed by atoms with van der Waals surface area (Å²) in [6.45, 7) is 5.00. The number of aromatic nitrogens is 2. The second kappa shape index (κ2) is 11.7. The zero-order chi connectivity index (χ0) is 28.5. The first-order valence-electron chi connectivity index (χ1n) is 12.7. The maximum Gasteiger partial charge on any atom is 0.401 e. The molecule has 2 N–H and O–H groups in total. The van der Waals surface area contributed by atoms with Crippen LogP contribution < -0.4 is 10.9 Å². The number of halogens is 5. The molecule has 12 heteroatoms. The molecule has 0 spiro atoms. The summed E-state index contributed by atoms with van der Waals surface area (Å²) in [5.41, 5.74) is 1.89. The lowest BCUT2D eigenvalue weighted by molar-refractivity contribution is -0.149. The summed E-state index contributed by atoms with van der Waals surface area (Å²) in [5.74, 6) is -3.04. The number of aromatic amines is 1. The molecule has 1 aliphatic heterocycles. The number of benzene rings is 1. The van der Waals surface area contributed by atoms with E-state index in [9.17, 15) is 31.5 Å². The summed E-state index contributed by atoms with van der Waals surface area (Å²) >= 11 is 0.259. The Morgan fingerprint density at radius 2 is 1.85 bits per heavy atom. The van der Waals surface area contributed by atoms with E-state index in [-0.39, 0.29) is 40.7 Å². The van der Waals surface area contributed by atoms with Gasteiger partial charge in [0, 0.05) is 39.8 Å². The number of nitrogens with zero attached hydrogens (tertiary/aromatic N) is 2. The molecule has 2 aromatic heterocycles. The number of hydrogen-bond donors (Lipinski definition) is 2. The first-order chi connectivity index (χ1) is 18.4. The number of hydrogen-bond acceptors (Lipinski definition) is 4. The van der Waals surface area contributed by atoms with Gasteiger partial charge in [0.15, 0.2) is 0 Å². The van der Waals surface area contributed by atoms with Gasteiger partial charge in [0.05, 0.1) is 17.7 Å². The predicted molar refractivity (Wildman–Crippen MR) is 141 cm³/mol. The smallest absolute Gasteiger partial charge is 0.348 e. The molecule has 0 bridgehead atoms. The number of likely N-dealkylation sites (tertiary alicyclic amines) is 1. The number of carbonyl (C=O) groups is 1. The molecule has 0 radical (unpaired) electrons. The SMILES string of the molecule is Cc1cc(SC(F)F)c(CNC(=O)c2c(C)n([C@H](C)C3CCN(CC(F)(F)F)CC3)c3ccccc23)c(=O)[nH]1. The summed E-state index contributed by atoms with van der Waals surface area (Å²) in [6.07, 6.45) is -3.02. The third-order valence-corrected chi connectivity index (χ3v) is 8.18. The van der Waals surface area contributed by atoms with E-state index in [1.165, 1.54) is 11.0 Å². The van der Waals surface area contributed by atoms with Crippen LogP contribution in [0.4, 0.5) is 22.0 Å². The van der Waals surface area contributed by atoms with E-state index in [0.29, 0.717) is 48.3 Å². The predicted octanol–water partition coefficient (Wildman–Crippen LogP) is 6.03. The number of para-hydroxylation sites is 1. The van der Waals surface area contributed by atoms with Crippen LogP contribution in [0.2, 0.25) is 0 Å². The Balaban J connectivity index is 1.58. The van der Waals surface area contributed by atoms with E-state index in [4.69, 9.17) is 0 Å². The standard InChI is InChI=1S/C27H31F5N4O2S/c1-15-12-22(39-26(28)29)20(24(37)34-15)13-33-25(38)23-17(3)36(21-7-5-4-6-19(21)23)16(2)18-8-10-35(11-9-18)14-27(30,31)32/h4-7,12,16,18,26H,8-11,13-14H2,1-3H3,(H,33,38)(H,34,37)/t16-/m1/s1. The second-order valence-corrected chi connectivity index (χ2v) is 11.0. The second-order valence-electron chi connectivity index (χ2n) is 10.0. The van der Waals surface area contributed by atoms with Crippen LogP contribution in [-0.2, 0) is 6.54 Å². The summed E-state index contributed by atoms with van der Waals surface area (Å²) < 4.78 is 66.7. The largest absolute Gasteiger partial charge is 0.401 e. The molecule has 1 atom stereocenters. The minimum atomic E-state index is -4.23. The van der Waals surface area contributed by atoms with E-state index in [2.05, 4.69) is 14.9 Å². The molecule has 0 saturated carbocycles.